The molecule has 0 aliphatic rings. The molecular weight excluding hydrogens is 315 g/mol. The maximum absolute atomic E-state index is 11.7. The maximum Gasteiger partial charge on any atom is 0.339 e. The summed E-state index contributed by atoms with van der Waals surface area (Å²) in [5.41, 5.74) is -0.668. The van der Waals surface area contributed by atoms with Crippen molar-refractivity contribution in [1.82, 2.24) is 4.72 Å². The van der Waals surface area contributed by atoms with Gasteiger partial charge >= 0.3 is 5.97 Å². The number of aromatic carboxylic acids is 1. The third-order valence-corrected chi connectivity index (χ3v) is 3.83. The number of rotatable bonds is 5. The van der Waals surface area contributed by atoms with E-state index in [1.54, 1.807) is 13.8 Å². The van der Waals surface area contributed by atoms with Gasteiger partial charge in [-0.1, -0.05) is 23.2 Å². The van der Waals surface area contributed by atoms with Crippen LogP contribution in [0.2, 0.25) is 10.0 Å². The Kier molecular flexibility index (Phi) is 5.03. The number of carboxylic acids is 1. The molecule has 0 aliphatic heterocycles. The molecule has 106 valence electrons. The van der Waals surface area contributed by atoms with Crippen LogP contribution in [0.5, 0.6) is 0 Å². The second kappa shape index (κ2) is 5.96. The zero-order chi connectivity index (χ0) is 14.8. The molecule has 9 heteroatoms. The fraction of sp³-hybridized carbons (Fsp3) is 0.300. The van der Waals surface area contributed by atoms with Gasteiger partial charge in [0.25, 0.3) is 10.2 Å². The van der Waals surface area contributed by atoms with Gasteiger partial charge in [-0.15, -0.1) is 0 Å². The van der Waals surface area contributed by atoms with Gasteiger partial charge in [-0.05, 0) is 26.0 Å². The van der Waals surface area contributed by atoms with Crippen LogP contribution in [0.3, 0.4) is 0 Å². The van der Waals surface area contributed by atoms with Crippen molar-refractivity contribution in [2.45, 2.75) is 19.9 Å². The zero-order valence-electron chi connectivity index (χ0n) is 10.1. The van der Waals surface area contributed by atoms with Crippen LogP contribution in [0.1, 0.15) is 24.2 Å². The Hall–Kier alpha value is -1.02. The van der Waals surface area contributed by atoms with E-state index in [4.69, 9.17) is 28.3 Å². The molecule has 0 heterocycles. The van der Waals surface area contributed by atoms with Gasteiger partial charge in [-0.25, -0.2) is 4.79 Å². The number of anilines is 1. The van der Waals surface area contributed by atoms with Gasteiger partial charge in [0.05, 0.1) is 15.7 Å². The standard InChI is InChI=1S/C10H12Cl2N2O4S/c1-5(2)13-19(17,18)14-9-7(12)4-3-6(11)8(9)10(15)16/h3-5,13-14H,1-2H3,(H,15,16). The Morgan fingerprint density at radius 2 is 1.79 bits per heavy atom. The molecule has 6 nitrogen and oxygen atoms in total. The Labute approximate surface area is 120 Å². The third kappa shape index (κ3) is 4.24. The number of carboxylic acid groups (broad SMARTS) is 1. The Morgan fingerprint density at radius 3 is 2.26 bits per heavy atom. The fourth-order valence-electron chi connectivity index (χ4n) is 1.33. The highest BCUT2D eigenvalue weighted by atomic mass is 35.5. The van der Waals surface area contributed by atoms with Gasteiger partial charge in [0.1, 0.15) is 5.56 Å². The van der Waals surface area contributed by atoms with Crippen LogP contribution in [0.15, 0.2) is 12.1 Å². The Morgan fingerprint density at radius 1 is 1.26 bits per heavy atom. The van der Waals surface area contributed by atoms with Crippen molar-refractivity contribution in [3.05, 3.63) is 27.7 Å². The number of hydrogen-bond acceptors (Lipinski definition) is 3. The molecule has 0 spiro atoms. The van der Waals surface area contributed by atoms with Crippen LogP contribution in [0, 0.1) is 0 Å². The quantitative estimate of drug-likeness (QED) is 0.773. The van der Waals surface area contributed by atoms with Crippen LogP contribution in [0.4, 0.5) is 5.69 Å². The normalized spacial score (nSPS) is 11.6. The molecular formula is C10H12Cl2N2O4S. The second-order valence-electron chi connectivity index (χ2n) is 3.96. The molecule has 0 unspecified atom stereocenters. The summed E-state index contributed by atoms with van der Waals surface area (Å²) in [5, 5.41) is 8.88. The SMILES string of the molecule is CC(C)NS(=O)(=O)Nc1c(Cl)ccc(Cl)c1C(=O)O. The minimum absolute atomic E-state index is 0.0593. The van der Waals surface area contributed by atoms with Crippen molar-refractivity contribution >= 4 is 45.1 Å². The number of hydrogen-bond donors (Lipinski definition) is 3. The number of carbonyl (C=O) groups is 1. The van der Waals surface area contributed by atoms with Crippen molar-refractivity contribution in [2.75, 3.05) is 4.72 Å². The first-order valence-corrected chi connectivity index (χ1v) is 7.39. The highest BCUT2D eigenvalue weighted by Gasteiger charge is 2.22. The lowest BCUT2D eigenvalue weighted by atomic mass is 10.2. The highest BCUT2D eigenvalue weighted by Crippen LogP contribution is 2.32. The van der Waals surface area contributed by atoms with Crippen molar-refractivity contribution in [2.24, 2.45) is 0 Å². The van der Waals surface area contributed by atoms with Crippen molar-refractivity contribution < 1.29 is 18.3 Å². The van der Waals surface area contributed by atoms with E-state index >= 15 is 0 Å². The molecule has 0 aromatic heterocycles. The summed E-state index contributed by atoms with van der Waals surface area (Å²) in [5.74, 6) is -1.38. The molecule has 0 saturated carbocycles. The average Bonchev–Trinajstić information content (AvgIpc) is 2.20. The van der Waals surface area contributed by atoms with Crippen LogP contribution in [0.25, 0.3) is 0 Å². The lowest BCUT2D eigenvalue weighted by Crippen LogP contribution is -2.35. The molecule has 1 aromatic carbocycles. The number of halogens is 2. The van der Waals surface area contributed by atoms with E-state index in [-0.39, 0.29) is 21.8 Å². The minimum atomic E-state index is -3.94. The van der Waals surface area contributed by atoms with Crippen LogP contribution < -0.4 is 9.44 Å². The predicted molar refractivity (Wildman–Crippen MR) is 74.2 cm³/mol. The summed E-state index contributed by atoms with van der Waals surface area (Å²) in [6, 6.07) is 2.23. The van der Waals surface area contributed by atoms with Crippen LogP contribution >= 0.6 is 23.2 Å². The molecule has 1 aromatic rings. The molecule has 0 amide bonds. The first-order chi connectivity index (χ1) is 8.64. The fourth-order valence-corrected chi connectivity index (χ4v) is 2.99. The second-order valence-corrected chi connectivity index (χ2v) is 6.22. The summed E-state index contributed by atoms with van der Waals surface area (Å²) in [6.45, 7) is 3.24. The molecule has 0 bridgehead atoms. The molecule has 1 rings (SSSR count). The van der Waals surface area contributed by atoms with Gasteiger partial charge in [0, 0.05) is 6.04 Å². The average molecular weight is 327 g/mol. The topological polar surface area (TPSA) is 95.5 Å². The summed E-state index contributed by atoms with van der Waals surface area (Å²) in [7, 11) is -3.94. The molecule has 3 N–H and O–H groups in total. The molecule has 0 atom stereocenters. The van der Waals surface area contributed by atoms with Crippen molar-refractivity contribution in [3.8, 4) is 0 Å². The van der Waals surface area contributed by atoms with Gasteiger partial charge < -0.3 is 5.11 Å². The van der Waals surface area contributed by atoms with Crippen molar-refractivity contribution in [1.29, 1.82) is 0 Å². The third-order valence-electron chi connectivity index (χ3n) is 1.94. The van der Waals surface area contributed by atoms with E-state index in [2.05, 4.69) is 9.44 Å². The summed E-state index contributed by atoms with van der Waals surface area (Å²) >= 11 is 11.5. The number of benzene rings is 1. The van der Waals surface area contributed by atoms with E-state index in [1.165, 1.54) is 12.1 Å². The van der Waals surface area contributed by atoms with Crippen molar-refractivity contribution in [3.63, 3.8) is 0 Å². The lowest BCUT2D eigenvalue weighted by Gasteiger charge is -2.15. The Balaban J connectivity index is 3.28. The minimum Gasteiger partial charge on any atom is -0.478 e. The first kappa shape index (κ1) is 16.0. The smallest absolute Gasteiger partial charge is 0.339 e. The summed E-state index contributed by atoms with van der Waals surface area (Å²) < 4.78 is 27.8. The van der Waals surface area contributed by atoms with E-state index in [1.807, 2.05) is 0 Å². The largest absolute Gasteiger partial charge is 0.478 e. The molecule has 19 heavy (non-hydrogen) atoms. The summed E-state index contributed by atoms with van der Waals surface area (Å²) in [4.78, 5) is 11.1. The lowest BCUT2D eigenvalue weighted by molar-refractivity contribution is 0.0698. The first-order valence-electron chi connectivity index (χ1n) is 5.15. The monoisotopic (exact) mass is 326 g/mol. The van der Waals surface area contributed by atoms with Crippen LogP contribution in [-0.4, -0.2) is 25.5 Å². The molecule has 0 radical (unpaired) electrons. The van der Waals surface area contributed by atoms with Gasteiger partial charge in [-0.3, -0.25) is 4.72 Å². The van der Waals surface area contributed by atoms with E-state index in [0.29, 0.717) is 0 Å². The molecule has 0 fully saturated rings. The highest BCUT2D eigenvalue weighted by molar-refractivity contribution is 7.90. The maximum atomic E-state index is 11.7. The van der Waals surface area contributed by atoms with E-state index in [9.17, 15) is 13.2 Å². The van der Waals surface area contributed by atoms with Gasteiger partial charge in [-0.2, -0.15) is 13.1 Å². The predicted octanol–water partition coefficient (Wildman–Crippen LogP) is 2.35. The zero-order valence-corrected chi connectivity index (χ0v) is 12.4. The van der Waals surface area contributed by atoms with E-state index < -0.39 is 21.7 Å². The molecule has 0 saturated heterocycles. The van der Waals surface area contributed by atoms with Gasteiger partial charge in [0.2, 0.25) is 0 Å². The number of nitrogens with one attached hydrogen (secondary N) is 2. The van der Waals surface area contributed by atoms with Gasteiger partial charge in [0.15, 0.2) is 0 Å². The summed E-state index contributed by atoms with van der Waals surface area (Å²) in [6.07, 6.45) is 0. The molecule has 0 aliphatic carbocycles. The Bertz CT molecular complexity index is 602. The van der Waals surface area contributed by atoms with Crippen LogP contribution in [-0.2, 0) is 10.2 Å². The van der Waals surface area contributed by atoms with E-state index in [0.717, 1.165) is 0 Å².